The summed E-state index contributed by atoms with van der Waals surface area (Å²) in [5, 5.41) is 0.922. The summed E-state index contributed by atoms with van der Waals surface area (Å²) in [5.74, 6) is -0.908. The molecule has 23 heavy (non-hydrogen) atoms. The molecule has 0 fully saturated rings. The van der Waals surface area contributed by atoms with Gasteiger partial charge in [-0.15, -0.1) is 0 Å². The third-order valence-corrected chi connectivity index (χ3v) is 4.91. The van der Waals surface area contributed by atoms with Crippen LogP contribution in [0.5, 0.6) is 0 Å². The Kier molecular flexibility index (Phi) is 3.95. The van der Waals surface area contributed by atoms with Gasteiger partial charge >= 0.3 is 0 Å². The lowest BCUT2D eigenvalue weighted by Crippen LogP contribution is -2.15. The summed E-state index contributed by atoms with van der Waals surface area (Å²) in [7, 11) is -4.09. The Labute approximate surface area is 138 Å². The van der Waals surface area contributed by atoms with Crippen LogP contribution in [0.25, 0.3) is 10.9 Å². The molecule has 3 rings (SSSR count). The van der Waals surface area contributed by atoms with E-state index in [2.05, 4.69) is 9.71 Å². The van der Waals surface area contributed by atoms with Crippen LogP contribution in [0.1, 0.15) is 5.56 Å². The molecule has 0 aliphatic carbocycles. The topological polar surface area (TPSA) is 59.1 Å². The number of fused-ring (bicyclic) bond motifs is 1. The predicted molar refractivity (Wildman–Crippen MR) is 88.7 cm³/mol. The molecule has 0 amide bonds. The molecule has 1 heterocycles. The van der Waals surface area contributed by atoms with Gasteiger partial charge in [0.2, 0.25) is 0 Å². The molecule has 0 bridgehead atoms. The van der Waals surface area contributed by atoms with Gasteiger partial charge in [0.05, 0.1) is 11.2 Å². The van der Waals surface area contributed by atoms with E-state index in [9.17, 15) is 12.8 Å². The van der Waals surface area contributed by atoms with E-state index in [0.717, 1.165) is 23.1 Å². The van der Waals surface area contributed by atoms with E-state index in [1.165, 1.54) is 6.07 Å². The number of sulfonamides is 1. The van der Waals surface area contributed by atoms with Crippen molar-refractivity contribution in [3.8, 4) is 0 Å². The molecule has 1 aromatic heterocycles. The van der Waals surface area contributed by atoms with Gasteiger partial charge in [0.1, 0.15) is 10.7 Å². The summed E-state index contributed by atoms with van der Waals surface area (Å²) in [6, 6.07) is 10.4. The number of aromatic nitrogens is 1. The van der Waals surface area contributed by atoms with Gasteiger partial charge in [-0.2, -0.15) is 0 Å². The van der Waals surface area contributed by atoms with Gasteiger partial charge in [0.25, 0.3) is 10.0 Å². The van der Waals surface area contributed by atoms with Gasteiger partial charge in [0, 0.05) is 16.6 Å². The highest BCUT2D eigenvalue weighted by atomic mass is 35.5. The molecule has 3 aromatic rings. The van der Waals surface area contributed by atoms with Gasteiger partial charge < -0.3 is 0 Å². The highest BCUT2D eigenvalue weighted by molar-refractivity contribution is 7.92. The van der Waals surface area contributed by atoms with Crippen molar-refractivity contribution in [1.82, 2.24) is 4.98 Å². The van der Waals surface area contributed by atoms with Crippen molar-refractivity contribution < 1.29 is 12.8 Å². The van der Waals surface area contributed by atoms with Crippen molar-refractivity contribution in [3.05, 3.63) is 65.1 Å². The average Bonchev–Trinajstić information content (AvgIpc) is 2.46. The van der Waals surface area contributed by atoms with Gasteiger partial charge in [-0.1, -0.05) is 23.7 Å². The number of benzene rings is 2. The van der Waals surface area contributed by atoms with Crippen LogP contribution in [-0.2, 0) is 10.0 Å². The molecule has 0 aliphatic rings. The number of rotatable bonds is 3. The number of anilines is 1. The third-order valence-electron chi connectivity index (χ3n) is 3.28. The van der Waals surface area contributed by atoms with Gasteiger partial charge in [-0.05, 0) is 42.8 Å². The second-order valence-corrected chi connectivity index (χ2v) is 7.16. The maximum atomic E-state index is 13.9. The first-order valence-electron chi connectivity index (χ1n) is 6.70. The molecule has 4 nitrogen and oxygen atoms in total. The monoisotopic (exact) mass is 350 g/mol. The smallest absolute Gasteiger partial charge is 0.264 e. The lowest BCUT2D eigenvalue weighted by molar-refractivity contribution is 0.570. The molecule has 7 heteroatoms. The molecule has 0 saturated heterocycles. The molecular weight excluding hydrogens is 339 g/mol. The quantitative estimate of drug-likeness (QED) is 0.772. The normalized spacial score (nSPS) is 11.6. The number of para-hydroxylation sites is 1. The standard InChI is InChI=1S/C16H12ClFN2O2S/c1-10-7-11-3-2-4-14(16(11)19-9-10)20-23(21,22)15-6-5-12(17)8-13(15)18/h2-9,20H,1H3. The zero-order chi connectivity index (χ0) is 16.6. The van der Waals surface area contributed by atoms with Crippen molar-refractivity contribution in [2.24, 2.45) is 0 Å². The van der Waals surface area contributed by atoms with Crippen molar-refractivity contribution in [2.45, 2.75) is 11.8 Å². The average molecular weight is 351 g/mol. The lowest BCUT2D eigenvalue weighted by Gasteiger charge is -2.11. The molecule has 0 aliphatic heterocycles. The van der Waals surface area contributed by atoms with E-state index in [1.54, 1.807) is 18.3 Å². The number of nitrogens with one attached hydrogen (secondary N) is 1. The molecule has 0 saturated carbocycles. The summed E-state index contributed by atoms with van der Waals surface area (Å²) in [5.41, 5.74) is 1.74. The molecule has 0 radical (unpaired) electrons. The second-order valence-electron chi connectivity index (χ2n) is 5.07. The summed E-state index contributed by atoms with van der Waals surface area (Å²) >= 11 is 5.65. The fourth-order valence-electron chi connectivity index (χ4n) is 2.25. The molecule has 0 spiro atoms. The van der Waals surface area contributed by atoms with Crippen molar-refractivity contribution in [3.63, 3.8) is 0 Å². The minimum Gasteiger partial charge on any atom is -0.277 e. The Bertz CT molecular complexity index is 1010. The fraction of sp³-hybridized carbons (Fsp3) is 0.0625. The van der Waals surface area contributed by atoms with Gasteiger partial charge in [-0.25, -0.2) is 12.8 Å². The number of hydrogen-bond acceptors (Lipinski definition) is 3. The van der Waals surface area contributed by atoms with Crippen LogP contribution in [0.4, 0.5) is 10.1 Å². The Morgan fingerprint density at radius 1 is 1.17 bits per heavy atom. The van der Waals surface area contributed by atoms with E-state index in [-0.39, 0.29) is 10.7 Å². The Hall–Kier alpha value is -2.18. The fourth-order valence-corrected chi connectivity index (χ4v) is 3.53. The SMILES string of the molecule is Cc1cnc2c(NS(=O)(=O)c3ccc(Cl)cc3F)cccc2c1. The first kappa shape index (κ1) is 15.7. The van der Waals surface area contributed by atoms with E-state index < -0.39 is 20.7 Å². The van der Waals surface area contributed by atoms with E-state index >= 15 is 0 Å². The van der Waals surface area contributed by atoms with Crippen molar-refractivity contribution in [2.75, 3.05) is 4.72 Å². The molecule has 0 unspecified atom stereocenters. The van der Waals surface area contributed by atoms with Crippen LogP contribution >= 0.6 is 11.6 Å². The first-order chi connectivity index (χ1) is 10.9. The van der Waals surface area contributed by atoms with Crippen LogP contribution in [-0.4, -0.2) is 13.4 Å². The number of nitrogens with zero attached hydrogens (tertiary/aromatic N) is 1. The number of aryl methyl sites for hydroxylation is 1. The minimum absolute atomic E-state index is 0.128. The number of pyridine rings is 1. The minimum atomic E-state index is -4.09. The highest BCUT2D eigenvalue weighted by Gasteiger charge is 2.20. The summed E-state index contributed by atoms with van der Waals surface area (Å²) < 4.78 is 41.1. The summed E-state index contributed by atoms with van der Waals surface area (Å²) in [6.45, 7) is 1.90. The molecule has 2 aromatic carbocycles. The summed E-state index contributed by atoms with van der Waals surface area (Å²) in [6.07, 6.45) is 1.64. The van der Waals surface area contributed by atoms with E-state index in [0.29, 0.717) is 5.52 Å². The van der Waals surface area contributed by atoms with E-state index in [4.69, 9.17) is 11.6 Å². The highest BCUT2D eigenvalue weighted by Crippen LogP contribution is 2.26. The maximum Gasteiger partial charge on any atom is 0.264 e. The third kappa shape index (κ3) is 3.13. The van der Waals surface area contributed by atoms with Crippen LogP contribution in [0, 0.1) is 12.7 Å². The van der Waals surface area contributed by atoms with Gasteiger partial charge in [0.15, 0.2) is 0 Å². The predicted octanol–water partition coefficient (Wildman–Crippen LogP) is 4.14. The Morgan fingerprint density at radius 2 is 1.96 bits per heavy atom. The lowest BCUT2D eigenvalue weighted by atomic mass is 10.1. The Morgan fingerprint density at radius 3 is 2.70 bits per heavy atom. The second kappa shape index (κ2) is 5.79. The van der Waals surface area contributed by atoms with E-state index in [1.807, 2.05) is 19.1 Å². The van der Waals surface area contributed by atoms with Crippen molar-refractivity contribution in [1.29, 1.82) is 0 Å². The van der Waals surface area contributed by atoms with Crippen LogP contribution in [0.15, 0.2) is 53.6 Å². The molecule has 1 N–H and O–H groups in total. The molecule has 0 atom stereocenters. The Balaban J connectivity index is 2.07. The maximum absolute atomic E-state index is 13.9. The summed E-state index contributed by atoms with van der Waals surface area (Å²) in [4.78, 5) is 3.79. The first-order valence-corrected chi connectivity index (χ1v) is 8.56. The van der Waals surface area contributed by atoms with Gasteiger partial charge in [-0.3, -0.25) is 9.71 Å². The molecular formula is C16H12ClFN2O2S. The largest absolute Gasteiger partial charge is 0.277 e. The zero-order valence-corrected chi connectivity index (χ0v) is 13.6. The van der Waals surface area contributed by atoms with Crippen LogP contribution in [0.3, 0.4) is 0 Å². The molecule has 118 valence electrons. The number of halogens is 2. The number of hydrogen-bond donors (Lipinski definition) is 1. The van der Waals surface area contributed by atoms with Crippen LogP contribution in [0.2, 0.25) is 5.02 Å². The zero-order valence-electron chi connectivity index (χ0n) is 12.0. The van der Waals surface area contributed by atoms with Crippen LogP contribution < -0.4 is 4.72 Å². The van der Waals surface area contributed by atoms with Crippen molar-refractivity contribution >= 4 is 38.2 Å².